The van der Waals surface area contributed by atoms with Gasteiger partial charge in [0.25, 0.3) is 0 Å². The highest BCUT2D eigenvalue weighted by Gasteiger charge is 2.39. The molecule has 2 bridgehead atoms. The van der Waals surface area contributed by atoms with E-state index in [1.807, 2.05) is 24.3 Å². The minimum Gasteiger partial charge on any atom is -0.383 e. The number of thiazole rings is 1. The van der Waals surface area contributed by atoms with Gasteiger partial charge in [-0.2, -0.15) is 5.26 Å². The van der Waals surface area contributed by atoms with Crippen LogP contribution in [0.15, 0.2) is 24.3 Å². The van der Waals surface area contributed by atoms with E-state index in [2.05, 4.69) is 16.4 Å². The molecule has 2 saturated carbocycles. The molecule has 3 N–H and O–H groups in total. The molecule has 1 heterocycles. The summed E-state index contributed by atoms with van der Waals surface area (Å²) in [5.41, 5.74) is 7.83. The predicted molar refractivity (Wildman–Crippen MR) is 93.3 cm³/mol. The standard InChI is InChI=1S/C18H20N4S/c19-10-14-4-2-1-3-12(14)9-16-17(20)22-18(23-16)21-15-8-11-5-6-13(15)7-11/h1-4,11,13,15H,5-9,20H2,(H,21,22)/t11?,13?,15-/m0/s1. The molecule has 0 spiro atoms. The van der Waals surface area contributed by atoms with Gasteiger partial charge in [-0.3, -0.25) is 0 Å². The molecule has 3 atom stereocenters. The zero-order valence-electron chi connectivity index (χ0n) is 13.0. The van der Waals surface area contributed by atoms with Crippen molar-refractivity contribution in [2.45, 2.75) is 38.1 Å². The lowest BCUT2D eigenvalue weighted by Gasteiger charge is -2.22. The fraction of sp³-hybridized carbons (Fsp3) is 0.444. The first-order valence-electron chi connectivity index (χ1n) is 8.22. The van der Waals surface area contributed by atoms with E-state index >= 15 is 0 Å². The van der Waals surface area contributed by atoms with Gasteiger partial charge in [-0.25, -0.2) is 4.98 Å². The molecule has 23 heavy (non-hydrogen) atoms. The van der Waals surface area contributed by atoms with E-state index in [0.29, 0.717) is 23.8 Å². The Bertz CT molecular complexity index is 761. The predicted octanol–water partition coefficient (Wildman–Crippen LogP) is 3.79. The van der Waals surface area contributed by atoms with Crippen LogP contribution in [0.4, 0.5) is 10.9 Å². The van der Waals surface area contributed by atoms with Crippen molar-refractivity contribution in [3.05, 3.63) is 40.3 Å². The molecule has 2 fully saturated rings. The van der Waals surface area contributed by atoms with Crippen LogP contribution in [0, 0.1) is 23.2 Å². The molecule has 118 valence electrons. The van der Waals surface area contributed by atoms with Crippen LogP contribution in [0.25, 0.3) is 0 Å². The van der Waals surface area contributed by atoms with Crippen molar-refractivity contribution >= 4 is 22.3 Å². The van der Waals surface area contributed by atoms with Crippen LogP contribution in [0.5, 0.6) is 0 Å². The summed E-state index contributed by atoms with van der Waals surface area (Å²) >= 11 is 1.63. The monoisotopic (exact) mass is 324 g/mol. The quantitative estimate of drug-likeness (QED) is 0.897. The van der Waals surface area contributed by atoms with Crippen molar-refractivity contribution in [3.63, 3.8) is 0 Å². The van der Waals surface area contributed by atoms with Crippen molar-refractivity contribution in [1.82, 2.24) is 4.98 Å². The summed E-state index contributed by atoms with van der Waals surface area (Å²) in [7, 11) is 0. The summed E-state index contributed by atoms with van der Waals surface area (Å²) in [5, 5.41) is 13.8. The van der Waals surface area contributed by atoms with Gasteiger partial charge in [-0.1, -0.05) is 36.0 Å². The molecule has 0 aliphatic heterocycles. The van der Waals surface area contributed by atoms with Gasteiger partial charge >= 0.3 is 0 Å². The topological polar surface area (TPSA) is 74.7 Å². The Hall–Kier alpha value is -2.06. The Morgan fingerprint density at radius 1 is 1.30 bits per heavy atom. The van der Waals surface area contributed by atoms with Crippen LogP contribution in [0.1, 0.15) is 41.7 Å². The minimum atomic E-state index is 0.568. The average Bonchev–Trinajstić information content (AvgIpc) is 3.25. The molecule has 1 aromatic carbocycles. The number of nitriles is 1. The number of nitrogens with two attached hydrogens (primary N) is 1. The molecule has 0 saturated heterocycles. The second-order valence-electron chi connectivity index (χ2n) is 6.70. The molecule has 2 aliphatic rings. The lowest BCUT2D eigenvalue weighted by Crippen LogP contribution is -2.25. The summed E-state index contributed by atoms with van der Waals surface area (Å²) in [4.78, 5) is 5.55. The lowest BCUT2D eigenvalue weighted by atomic mass is 9.96. The highest BCUT2D eigenvalue weighted by Crippen LogP contribution is 2.46. The molecule has 1 aromatic heterocycles. The third kappa shape index (κ3) is 2.79. The Labute approximate surface area is 140 Å². The molecule has 4 rings (SSSR count). The molecule has 0 amide bonds. The number of hydrogen-bond donors (Lipinski definition) is 2. The van der Waals surface area contributed by atoms with Crippen LogP contribution in [0.2, 0.25) is 0 Å². The first kappa shape index (κ1) is 14.5. The first-order valence-corrected chi connectivity index (χ1v) is 9.04. The van der Waals surface area contributed by atoms with E-state index in [4.69, 9.17) is 5.73 Å². The van der Waals surface area contributed by atoms with Gasteiger partial charge in [0.05, 0.1) is 16.5 Å². The van der Waals surface area contributed by atoms with Gasteiger partial charge in [-0.15, -0.1) is 0 Å². The largest absolute Gasteiger partial charge is 0.383 e. The third-order valence-corrected chi connectivity index (χ3v) is 6.27. The number of nitrogen functional groups attached to an aromatic ring is 1. The first-order chi connectivity index (χ1) is 11.2. The van der Waals surface area contributed by atoms with Crippen LogP contribution in [0.3, 0.4) is 0 Å². The average molecular weight is 324 g/mol. The second-order valence-corrected chi connectivity index (χ2v) is 7.78. The number of nitrogens with zero attached hydrogens (tertiary/aromatic N) is 2. The van der Waals surface area contributed by atoms with Crippen LogP contribution >= 0.6 is 11.3 Å². The molecule has 2 aliphatic carbocycles. The number of rotatable bonds is 4. The summed E-state index contributed by atoms with van der Waals surface area (Å²) in [6.45, 7) is 0. The molecular formula is C18H20N4S. The van der Waals surface area contributed by atoms with E-state index in [9.17, 15) is 5.26 Å². The molecule has 4 nitrogen and oxygen atoms in total. The van der Waals surface area contributed by atoms with Gasteiger partial charge < -0.3 is 11.1 Å². The highest BCUT2D eigenvalue weighted by molar-refractivity contribution is 7.16. The molecule has 0 radical (unpaired) electrons. The van der Waals surface area contributed by atoms with E-state index in [0.717, 1.165) is 27.4 Å². The Morgan fingerprint density at radius 3 is 2.91 bits per heavy atom. The molecule has 2 unspecified atom stereocenters. The number of anilines is 2. The Balaban J connectivity index is 1.50. The lowest BCUT2D eigenvalue weighted by molar-refractivity contribution is 0.439. The summed E-state index contributed by atoms with van der Waals surface area (Å²) < 4.78 is 0. The van der Waals surface area contributed by atoms with Crippen LogP contribution in [-0.4, -0.2) is 11.0 Å². The fourth-order valence-corrected chi connectivity index (χ4v) is 5.05. The van der Waals surface area contributed by atoms with E-state index < -0.39 is 0 Å². The van der Waals surface area contributed by atoms with Gasteiger partial charge in [0.15, 0.2) is 5.13 Å². The van der Waals surface area contributed by atoms with Gasteiger partial charge in [0, 0.05) is 12.5 Å². The van der Waals surface area contributed by atoms with Crippen molar-refractivity contribution in [3.8, 4) is 6.07 Å². The van der Waals surface area contributed by atoms with Gasteiger partial charge in [0.1, 0.15) is 5.82 Å². The minimum absolute atomic E-state index is 0.568. The molecular weight excluding hydrogens is 304 g/mol. The van der Waals surface area contributed by atoms with E-state index in [1.165, 1.54) is 25.7 Å². The second kappa shape index (κ2) is 5.86. The summed E-state index contributed by atoms with van der Waals surface area (Å²) in [6, 6.07) is 10.5. The normalized spacial score (nSPS) is 25.4. The smallest absolute Gasteiger partial charge is 0.185 e. The van der Waals surface area contributed by atoms with Crippen molar-refractivity contribution in [1.29, 1.82) is 5.26 Å². The fourth-order valence-electron chi connectivity index (χ4n) is 4.09. The van der Waals surface area contributed by atoms with Crippen molar-refractivity contribution in [2.24, 2.45) is 11.8 Å². The maximum Gasteiger partial charge on any atom is 0.185 e. The highest BCUT2D eigenvalue weighted by atomic mass is 32.1. The van der Waals surface area contributed by atoms with Crippen molar-refractivity contribution in [2.75, 3.05) is 11.1 Å². The van der Waals surface area contributed by atoms with Gasteiger partial charge in [0.2, 0.25) is 0 Å². The van der Waals surface area contributed by atoms with E-state index in [-0.39, 0.29) is 0 Å². The molecule has 2 aromatic rings. The number of benzene rings is 1. The number of nitrogens with one attached hydrogen (secondary N) is 1. The number of fused-ring (bicyclic) bond motifs is 2. The van der Waals surface area contributed by atoms with Crippen molar-refractivity contribution < 1.29 is 0 Å². The van der Waals surface area contributed by atoms with Gasteiger partial charge in [-0.05, 0) is 42.7 Å². The van der Waals surface area contributed by atoms with Crippen LogP contribution in [-0.2, 0) is 6.42 Å². The maximum absolute atomic E-state index is 9.22. The SMILES string of the molecule is N#Cc1ccccc1Cc1sc(N[C@H]2CC3CCC2C3)nc1N. The van der Waals surface area contributed by atoms with Crippen LogP contribution < -0.4 is 11.1 Å². The Morgan fingerprint density at radius 2 is 2.17 bits per heavy atom. The third-order valence-electron chi connectivity index (χ3n) is 5.26. The molecule has 5 heteroatoms. The number of hydrogen-bond acceptors (Lipinski definition) is 5. The zero-order valence-corrected chi connectivity index (χ0v) is 13.8. The number of aromatic nitrogens is 1. The zero-order chi connectivity index (χ0) is 15.8. The van der Waals surface area contributed by atoms with E-state index in [1.54, 1.807) is 11.3 Å². The Kier molecular flexibility index (Phi) is 3.70. The summed E-state index contributed by atoms with van der Waals surface area (Å²) in [6.07, 6.45) is 6.08. The summed E-state index contributed by atoms with van der Waals surface area (Å²) in [5.74, 6) is 2.32. The maximum atomic E-state index is 9.22.